The van der Waals surface area contributed by atoms with E-state index in [1.54, 1.807) is 0 Å². The van der Waals surface area contributed by atoms with Gasteiger partial charge in [-0.15, -0.1) is 0 Å². The molecule has 0 bridgehead atoms. The van der Waals surface area contributed by atoms with Gasteiger partial charge in [-0.1, -0.05) is 242 Å². The second-order valence-electron chi connectivity index (χ2n) is 18.9. The van der Waals surface area contributed by atoms with Gasteiger partial charge < -0.3 is 25.7 Å². The number of aliphatic hydroxyl groups is 4. The van der Waals surface area contributed by atoms with Gasteiger partial charge in [0, 0.05) is 0 Å². The number of amides is 1. The normalized spacial score (nSPS) is 14.2. The molecule has 0 aliphatic heterocycles. The Balaban J connectivity index is 3.74. The maximum absolute atomic E-state index is 12.6. The molecule has 0 heterocycles. The molecule has 0 saturated carbocycles. The molecule has 4 unspecified atom stereocenters. The minimum atomic E-state index is -1.30. The van der Waals surface area contributed by atoms with E-state index in [2.05, 4.69) is 67.8 Å². The maximum Gasteiger partial charge on any atom is 0.249 e. The lowest BCUT2D eigenvalue weighted by Gasteiger charge is -2.27. The summed E-state index contributed by atoms with van der Waals surface area (Å²) >= 11 is 0. The quantitative estimate of drug-likeness (QED) is 0.0309. The van der Waals surface area contributed by atoms with E-state index in [-0.39, 0.29) is 0 Å². The summed E-state index contributed by atoms with van der Waals surface area (Å²) in [6.45, 7) is 4.06. The standard InChI is InChI=1S/C57H107NO5/c1-3-5-7-9-11-13-15-17-19-21-23-25-27-28-29-31-32-34-36-38-40-42-44-46-48-50-54(60)56(62)53(52-59)58-57(63)55(61)51-49-47-45-43-41-39-37-35-33-30-26-24-22-20-18-16-14-12-10-8-6-4-2/h24,26,33-36,42,44,53-56,59-62H,3-23,25,27-32,37-41,43,45-52H2,1-2H3,(H,58,63)/b26-24-,35-33-,36-34+,44-42+. The van der Waals surface area contributed by atoms with Gasteiger partial charge in [0.1, 0.15) is 12.2 Å². The first-order valence-electron chi connectivity index (χ1n) is 27.5. The van der Waals surface area contributed by atoms with E-state index in [4.69, 9.17) is 0 Å². The molecule has 0 aromatic rings. The van der Waals surface area contributed by atoms with E-state index >= 15 is 0 Å². The fourth-order valence-corrected chi connectivity index (χ4v) is 8.39. The third-order valence-electron chi connectivity index (χ3n) is 12.7. The lowest BCUT2D eigenvalue weighted by atomic mass is 10.00. The van der Waals surface area contributed by atoms with E-state index in [1.807, 2.05) is 0 Å². The molecule has 1 amide bonds. The second-order valence-corrected chi connectivity index (χ2v) is 18.9. The number of allylic oxidation sites excluding steroid dienone is 8. The Morgan fingerprint density at radius 1 is 0.397 bits per heavy atom. The Morgan fingerprint density at radius 3 is 1.10 bits per heavy atom. The third kappa shape index (κ3) is 45.2. The van der Waals surface area contributed by atoms with Gasteiger partial charge in [-0.05, 0) is 83.5 Å². The Hall–Kier alpha value is -1.73. The summed E-state index contributed by atoms with van der Waals surface area (Å²) in [5.41, 5.74) is 0. The molecule has 0 rings (SSSR count). The largest absolute Gasteiger partial charge is 0.394 e. The van der Waals surface area contributed by atoms with Crippen molar-refractivity contribution in [2.24, 2.45) is 0 Å². The molecule has 63 heavy (non-hydrogen) atoms. The van der Waals surface area contributed by atoms with Crippen molar-refractivity contribution in [3.8, 4) is 0 Å². The minimum absolute atomic E-state index is 0.347. The minimum Gasteiger partial charge on any atom is -0.394 e. The number of nitrogens with one attached hydrogen (secondary N) is 1. The van der Waals surface area contributed by atoms with Crippen molar-refractivity contribution in [1.29, 1.82) is 0 Å². The molecule has 0 aliphatic rings. The molecule has 0 saturated heterocycles. The van der Waals surface area contributed by atoms with Crippen LogP contribution in [0, 0.1) is 0 Å². The zero-order chi connectivity index (χ0) is 45.9. The number of aliphatic hydroxyl groups excluding tert-OH is 4. The molecular weight excluding hydrogens is 779 g/mol. The number of carbonyl (C=O) groups is 1. The number of hydrogen-bond acceptors (Lipinski definition) is 5. The number of rotatable bonds is 50. The molecular formula is C57H107NO5. The van der Waals surface area contributed by atoms with Gasteiger partial charge in [0.05, 0.1) is 18.8 Å². The molecule has 0 radical (unpaired) electrons. The van der Waals surface area contributed by atoms with Crippen LogP contribution in [0.1, 0.15) is 277 Å². The van der Waals surface area contributed by atoms with Crippen LogP contribution in [0.5, 0.6) is 0 Å². The van der Waals surface area contributed by atoms with Crippen molar-refractivity contribution in [1.82, 2.24) is 5.32 Å². The van der Waals surface area contributed by atoms with Crippen LogP contribution in [0.15, 0.2) is 48.6 Å². The highest BCUT2D eigenvalue weighted by molar-refractivity contribution is 5.80. The van der Waals surface area contributed by atoms with Crippen molar-refractivity contribution < 1.29 is 25.2 Å². The van der Waals surface area contributed by atoms with Gasteiger partial charge in [0.25, 0.3) is 0 Å². The Kier molecular flexibility index (Phi) is 49.8. The zero-order valence-electron chi connectivity index (χ0n) is 41.8. The molecule has 6 nitrogen and oxygen atoms in total. The summed E-state index contributed by atoms with van der Waals surface area (Å²) in [6, 6.07) is -1.02. The van der Waals surface area contributed by atoms with E-state index in [1.165, 1.54) is 186 Å². The predicted molar refractivity (Wildman–Crippen MR) is 274 cm³/mol. The summed E-state index contributed by atoms with van der Waals surface area (Å²) in [7, 11) is 0. The monoisotopic (exact) mass is 886 g/mol. The van der Waals surface area contributed by atoms with Crippen molar-refractivity contribution in [3.63, 3.8) is 0 Å². The first-order valence-corrected chi connectivity index (χ1v) is 27.5. The molecule has 0 aromatic carbocycles. The van der Waals surface area contributed by atoms with E-state index in [0.717, 1.165) is 57.8 Å². The van der Waals surface area contributed by atoms with Gasteiger partial charge in [0.15, 0.2) is 0 Å². The molecule has 0 spiro atoms. The summed E-state index contributed by atoms with van der Waals surface area (Å²) in [5, 5.41) is 43.9. The highest BCUT2D eigenvalue weighted by Gasteiger charge is 2.28. The fourth-order valence-electron chi connectivity index (χ4n) is 8.39. The van der Waals surface area contributed by atoms with Crippen LogP contribution in [-0.2, 0) is 4.79 Å². The van der Waals surface area contributed by atoms with Crippen molar-refractivity contribution in [3.05, 3.63) is 48.6 Å². The van der Waals surface area contributed by atoms with E-state index < -0.39 is 36.9 Å². The smallest absolute Gasteiger partial charge is 0.249 e. The Bertz CT molecular complexity index is 1040. The molecule has 0 aliphatic carbocycles. The van der Waals surface area contributed by atoms with Gasteiger partial charge in [0.2, 0.25) is 5.91 Å². The molecule has 5 N–H and O–H groups in total. The van der Waals surface area contributed by atoms with Crippen LogP contribution in [0.25, 0.3) is 0 Å². The topological polar surface area (TPSA) is 110 Å². The van der Waals surface area contributed by atoms with Crippen molar-refractivity contribution in [2.45, 2.75) is 301 Å². The van der Waals surface area contributed by atoms with Crippen molar-refractivity contribution >= 4 is 5.91 Å². The van der Waals surface area contributed by atoms with Crippen LogP contribution in [0.3, 0.4) is 0 Å². The summed E-state index contributed by atoms with van der Waals surface area (Å²) in [5.74, 6) is -0.604. The van der Waals surface area contributed by atoms with E-state index in [0.29, 0.717) is 19.3 Å². The Labute approximate surface area is 391 Å². The van der Waals surface area contributed by atoms with Gasteiger partial charge >= 0.3 is 0 Å². The van der Waals surface area contributed by atoms with Gasteiger partial charge in [-0.25, -0.2) is 0 Å². The maximum atomic E-state index is 12.6. The number of carbonyl (C=O) groups excluding carboxylic acids is 1. The van der Waals surface area contributed by atoms with Crippen molar-refractivity contribution in [2.75, 3.05) is 6.61 Å². The van der Waals surface area contributed by atoms with E-state index in [9.17, 15) is 25.2 Å². The van der Waals surface area contributed by atoms with Gasteiger partial charge in [-0.2, -0.15) is 0 Å². The third-order valence-corrected chi connectivity index (χ3v) is 12.7. The number of hydrogen-bond donors (Lipinski definition) is 5. The first kappa shape index (κ1) is 61.3. The predicted octanol–water partition coefficient (Wildman–Crippen LogP) is 15.8. The summed E-state index contributed by atoms with van der Waals surface area (Å²) in [4.78, 5) is 12.6. The molecule has 6 heteroatoms. The molecule has 0 aromatic heterocycles. The van der Waals surface area contributed by atoms with Crippen LogP contribution in [0.2, 0.25) is 0 Å². The Morgan fingerprint density at radius 2 is 0.714 bits per heavy atom. The average Bonchev–Trinajstić information content (AvgIpc) is 3.29. The first-order chi connectivity index (χ1) is 31.0. The van der Waals surface area contributed by atoms with Crippen LogP contribution < -0.4 is 5.32 Å². The molecule has 4 atom stereocenters. The second kappa shape index (κ2) is 51.3. The lowest BCUT2D eigenvalue weighted by molar-refractivity contribution is -0.132. The highest BCUT2D eigenvalue weighted by Crippen LogP contribution is 2.16. The number of unbranched alkanes of at least 4 members (excludes halogenated alkanes) is 33. The van der Waals surface area contributed by atoms with Crippen LogP contribution in [0.4, 0.5) is 0 Å². The van der Waals surface area contributed by atoms with Crippen LogP contribution in [-0.4, -0.2) is 57.3 Å². The summed E-state index contributed by atoms with van der Waals surface area (Å²) < 4.78 is 0. The SMILES string of the molecule is CCCCCCCCCCC/C=C\C/C=C\CCCCCCCCC(O)C(=O)NC(CO)C(O)C(O)CCC/C=C/CC/C=C/CCCCCCCCCCCCCCCCCC. The highest BCUT2D eigenvalue weighted by atomic mass is 16.3. The molecule has 370 valence electrons. The van der Waals surface area contributed by atoms with Gasteiger partial charge in [-0.3, -0.25) is 4.79 Å². The van der Waals surface area contributed by atoms with Crippen LogP contribution >= 0.6 is 0 Å². The molecule has 0 fully saturated rings. The fraction of sp³-hybridized carbons (Fsp3) is 0.842. The summed E-state index contributed by atoms with van der Waals surface area (Å²) in [6.07, 6.45) is 64.6. The lowest BCUT2D eigenvalue weighted by Crippen LogP contribution is -2.53. The zero-order valence-corrected chi connectivity index (χ0v) is 41.8. The average molecular weight is 886 g/mol.